The van der Waals surface area contributed by atoms with Crippen LogP contribution >= 0.6 is 0 Å². The third-order valence-electron chi connectivity index (χ3n) is 5.52. The summed E-state index contributed by atoms with van der Waals surface area (Å²) in [5.74, 6) is 0.441. The van der Waals surface area contributed by atoms with Gasteiger partial charge < -0.3 is 15.2 Å². The Kier molecular flexibility index (Phi) is 7.63. The van der Waals surface area contributed by atoms with Gasteiger partial charge in [0.05, 0.1) is 23.9 Å². The molecule has 4 aromatic rings. The Hall–Kier alpha value is -4.03. The first kappa shape index (κ1) is 23.1. The van der Waals surface area contributed by atoms with Crippen molar-refractivity contribution in [1.29, 1.82) is 0 Å². The van der Waals surface area contributed by atoms with Crippen LogP contribution < -0.4 is 10.1 Å². The van der Waals surface area contributed by atoms with Crippen molar-refractivity contribution in [3.63, 3.8) is 0 Å². The number of aliphatic hydroxyl groups excluding tert-OH is 1. The number of aliphatic hydroxyl groups is 1. The molecule has 4 rings (SSSR count). The number of fused-ring (bicyclic) bond motifs is 1. The molecule has 2 aromatic carbocycles. The van der Waals surface area contributed by atoms with Crippen LogP contribution in [0, 0.1) is 0 Å². The maximum absolute atomic E-state index is 13.0. The first-order valence-electron chi connectivity index (χ1n) is 11.3. The number of para-hydroxylation sites is 1. The highest BCUT2D eigenvalue weighted by Gasteiger charge is 2.16. The monoisotopic (exact) mass is 453 g/mol. The van der Waals surface area contributed by atoms with Gasteiger partial charge in [0, 0.05) is 23.4 Å². The Morgan fingerprint density at radius 1 is 1.03 bits per heavy atom. The van der Waals surface area contributed by atoms with Gasteiger partial charge in [-0.3, -0.25) is 9.78 Å². The largest absolute Gasteiger partial charge is 0.487 e. The van der Waals surface area contributed by atoms with E-state index >= 15 is 0 Å². The van der Waals surface area contributed by atoms with Crippen molar-refractivity contribution in [1.82, 2.24) is 15.3 Å². The zero-order chi connectivity index (χ0) is 23.8. The van der Waals surface area contributed by atoms with E-state index in [1.807, 2.05) is 85.8 Å². The Labute approximate surface area is 199 Å². The van der Waals surface area contributed by atoms with Gasteiger partial charge in [0.2, 0.25) is 0 Å². The van der Waals surface area contributed by atoms with Gasteiger partial charge in [-0.15, -0.1) is 0 Å². The fourth-order valence-electron chi connectivity index (χ4n) is 3.52. The topological polar surface area (TPSA) is 84.3 Å². The van der Waals surface area contributed by atoms with Crippen LogP contribution in [0.1, 0.15) is 30.2 Å². The van der Waals surface area contributed by atoms with E-state index in [0.717, 1.165) is 27.7 Å². The fraction of sp³-hybridized carbons (Fsp3) is 0.179. The standard InChI is InChI=1S/C28H27N3O3/c1-2-23(18-32)31-28(33)26(17-20-13-15-29-16-14-20)21-8-11-25(12-9-21)34-19-24-10-7-22-5-3-4-6-27(22)30-24/h3-17,23,32H,2,18-19H2,1H3,(H,31,33). The van der Waals surface area contributed by atoms with Crippen LogP contribution in [0.15, 0.2) is 85.2 Å². The first-order valence-corrected chi connectivity index (χ1v) is 11.3. The van der Waals surface area contributed by atoms with Crippen molar-refractivity contribution in [2.75, 3.05) is 6.61 Å². The molecule has 2 aromatic heterocycles. The van der Waals surface area contributed by atoms with Crippen LogP contribution in [0.3, 0.4) is 0 Å². The summed E-state index contributed by atoms with van der Waals surface area (Å²) in [5, 5.41) is 13.5. The van der Waals surface area contributed by atoms with E-state index in [-0.39, 0.29) is 18.6 Å². The van der Waals surface area contributed by atoms with Gasteiger partial charge in [-0.2, -0.15) is 0 Å². The summed E-state index contributed by atoms with van der Waals surface area (Å²) in [7, 11) is 0. The summed E-state index contributed by atoms with van der Waals surface area (Å²) in [6, 6.07) is 22.7. The Morgan fingerprint density at radius 2 is 1.79 bits per heavy atom. The lowest BCUT2D eigenvalue weighted by molar-refractivity contribution is -0.116. The van der Waals surface area contributed by atoms with E-state index in [1.165, 1.54) is 0 Å². The molecule has 0 spiro atoms. The maximum Gasteiger partial charge on any atom is 0.252 e. The lowest BCUT2D eigenvalue weighted by Gasteiger charge is -2.16. The van der Waals surface area contributed by atoms with Crippen LogP contribution in [0.4, 0.5) is 0 Å². The van der Waals surface area contributed by atoms with Gasteiger partial charge in [-0.05, 0) is 60.0 Å². The molecule has 0 saturated carbocycles. The quantitative estimate of drug-likeness (QED) is 0.361. The summed E-state index contributed by atoms with van der Waals surface area (Å²) >= 11 is 0. The lowest BCUT2D eigenvalue weighted by atomic mass is 10.0. The van der Waals surface area contributed by atoms with Crippen LogP contribution in [-0.4, -0.2) is 33.6 Å². The number of nitrogens with zero attached hydrogens (tertiary/aromatic N) is 2. The average molecular weight is 454 g/mol. The van der Waals surface area contributed by atoms with Crippen molar-refractivity contribution < 1.29 is 14.6 Å². The molecule has 0 aliphatic heterocycles. The minimum absolute atomic E-state index is 0.111. The molecule has 6 heteroatoms. The molecule has 6 nitrogen and oxygen atoms in total. The molecule has 0 radical (unpaired) electrons. The van der Waals surface area contributed by atoms with E-state index in [9.17, 15) is 9.90 Å². The second kappa shape index (κ2) is 11.2. The lowest BCUT2D eigenvalue weighted by Crippen LogP contribution is -2.37. The molecule has 1 unspecified atom stereocenters. The summed E-state index contributed by atoms with van der Waals surface area (Å²) in [6.07, 6.45) is 5.82. The van der Waals surface area contributed by atoms with Gasteiger partial charge in [0.25, 0.3) is 5.91 Å². The van der Waals surface area contributed by atoms with Crippen molar-refractivity contribution in [2.45, 2.75) is 26.0 Å². The summed E-state index contributed by atoms with van der Waals surface area (Å²) in [4.78, 5) is 21.7. The molecular formula is C28H27N3O3. The van der Waals surface area contributed by atoms with Crippen LogP contribution in [0.5, 0.6) is 5.75 Å². The predicted molar refractivity (Wildman–Crippen MR) is 134 cm³/mol. The minimum atomic E-state index is -0.301. The summed E-state index contributed by atoms with van der Waals surface area (Å²) < 4.78 is 5.93. The Morgan fingerprint density at radius 3 is 2.53 bits per heavy atom. The highest BCUT2D eigenvalue weighted by molar-refractivity contribution is 6.24. The van der Waals surface area contributed by atoms with E-state index in [2.05, 4.69) is 15.3 Å². The maximum atomic E-state index is 13.0. The molecule has 172 valence electrons. The molecule has 1 atom stereocenters. The number of benzene rings is 2. The zero-order valence-corrected chi connectivity index (χ0v) is 19.0. The first-order chi connectivity index (χ1) is 16.7. The molecule has 1 amide bonds. The third kappa shape index (κ3) is 5.85. The molecule has 0 fully saturated rings. The molecule has 2 heterocycles. The molecule has 34 heavy (non-hydrogen) atoms. The number of aromatic nitrogens is 2. The number of pyridine rings is 2. The number of hydrogen-bond acceptors (Lipinski definition) is 5. The molecular weight excluding hydrogens is 426 g/mol. The summed E-state index contributed by atoms with van der Waals surface area (Å²) in [5.41, 5.74) is 3.89. The highest BCUT2D eigenvalue weighted by Crippen LogP contribution is 2.23. The van der Waals surface area contributed by atoms with Gasteiger partial charge in [-0.1, -0.05) is 43.3 Å². The second-order valence-electron chi connectivity index (χ2n) is 7.91. The number of hydrogen-bond donors (Lipinski definition) is 2. The normalized spacial score (nSPS) is 12.4. The fourth-order valence-corrected chi connectivity index (χ4v) is 3.52. The number of ether oxygens (including phenoxy) is 1. The number of rotatable bonds is 9. The average Bonchev–Trinajstić information content (AvgIpc) is 2.90. The van der Waals surface area contributed by atoms with Crippen molar-refractivity contribution in [2.24, 2.45) is 0 Å². The zero-order valence-electron chi connectivity index (χ0n) is 19.0. The molecule has 0 saturated heterocycles. The van der Waals surface area contributed by atoms with Crippen LogP contribution in [0.2, 0.25) is 0 Å². The number of nitrogens with one attached hydrogen (secondary N) is 1. The predicted octanol–water partition coefficient (Wildman–Crippen LogP) is 4.64. The molecule has 2 N–H and O–H groups in total. The third-order valence-corrected chi connectivity index (χ3v) is 5.52. The number of carbonyl (C=O) groups is 1. The minimum Gasteiger partial charge on any atom is -0.487 e. The van der Waals surface area contributed by atoms with Crippen LogP contribution in [0.25, 0.3) is 22.6 Å². The van der Waals surface area contributed by atoms with E-state index < -0.39 is 0 Å². The molecule has 0 aliphatic rings. The number of amides is 1. The van der Waals surface area contributed by atoms with Crippen molar-refractivity contribution >= 4 is 28.5 Å². The van der Waals surface area contributed by atoms with Gasteiger partial charge in [0.15, 0.2) is 0 Å². The van der Waals surface area contributed by atoms with Gasteiger partial charge in [-0.25, -0.2) is 4.98 Å². The van der Waals surface area contributed by atoms with E-state index in [1.54, 1.807) is 12.4 Å². The van der Waals surface area contributed by atoms with Crippen LogP contribution in [-0.2, 0) is 11.4 Å². The Bertz CT molecular complexity index is 1270. The van der Waals surface area contributed by atoms with E-state index in [0.29, 0.717) is 24.4 Å². The highest BCUT2D eigenvalue weighted by atomic mass is 16.5. The summed E-state index contributed by atoms with van der Waals surface area (Å²) in [6.45, 7) is 2.16. The Balaban J connectivity index is 1.51. The second-order valence-corrected chi connectivity index (χ2v) is 7.91. The van der Waals surface area contributed by atoms with Gasteiger partial charge >= 0.3 is 0 Å². The van der Waals surface area contributed by atoms with Gasteiger partial charge in [0.1, 0.15) is 12.4 Å². The molecule has 0 aliphatic carbocycles. The van der Waals surface area contributed by atoms with Crippen molar-refractivity contribution in [3.8, 4) is 5.75 Å². The smallest absolute Gasteiger partial charge is 0.252 e. The SMILES string of the molecule is CCC(CO)NC(=O)C(=Cc1ccncc1)c1ccc(OCc2ccc3ccccc3n2)cc1. The number of carbonyl (C=O) groups excluding carboxylic acids is 1. The van der Waals surface area contributed by atoms with Crippen molar-refractivity contribution in [3.05, 3.63) is 102 Å². The molecule has 0 bridgehead atoms. The van der Waals surface area contributed by atoms with E-state index in [4.69, 9.17) is 4.74 Å².